The third kappa shape index (κ3) is 4.79. The summed E-state index contributed by atoms with van der Waals surface area (Å²) in [6.07, 6.45) is -11.0. The highest BCUT2D eigenvalue weighted by Gasteiger charge is 2.58. The molecular formula is C27H24BF6NO5. The Kier molecular flexibility index (Phi) is 6.81. The molecule has 0 radical (unpaired) electrons. The van der Waals surface area contributed by atoms with Gasteiger partial charge in [-0.1, -0.05) is 31.6 Å². The van der Waals surface area contributed by atoms with Crippen molar-refractivity contribution in [2.75, 3.05) is 4.90 Å². The molecule has 0 bridgehead atoms. The van der Waals surface area contributed by atoms with Crippen molar-refractivity contribution >= 4 is 24.6 Å². The largest absolute Gasteiger partial charge is 0.508 e. The van der Waals surface area contributed by atoms with Crippen LogP contribution >= 0.6 is 0 Å². The first kappa shape index (κ1) is 28.2. The number of alkyl halides is 6. The number of phenols is 1. The molecule has 0 aromatic heterocycles. The fourth-order valence-corrected chi connectivity index (χ4v) is 6.16. The van der Waals surface area contributed by atoms with Crippen LogP contribution in [0, 0.1) is 23.7 Å². The van der Waals surface area contributed by atoms with E-state index in [4.69, 9.17) is 4.65 Å². The number of amides is 2. The molecule has 0 saturated carbocycles. The minimum atomic E-state index is -5.16. The Morgan fingerprint density at radius 2 is 1.57 bits per heavy atom. The van der Waals surface area contributed by atoms with Crippen molar-refractivity contribution in [1.29, 1.82) is 0 Å². The number of fused-ring (bicyclic) bond motifs is 3. The lowest BCUT2D eigenvalue weighted by Crippen LogP contribution is -2.45. The second kappa shape index (κ2) is 9.65. The van der Waals surface area contributed by atoms with Crippen LogP contribution in [0.15, 0.2) is 53.5 Å². The smallest absolute Gasteiger partial charge is 0.487 e. The first-order valence-corrected chi connectivity index (χ1v) is 12.6. The zero-order valence-corrected chi connectivity index (χ0v) is 21.3. The summed E-state index contributed by atoms with van der Waals surface area (Å²) in [7, 11) is -1.47. The van der Waals surface area contributed by atoms with Crippen molar-refractivity contribution in [3.63, 3.8) is 0 Å². The molecule has 6 nitrogen and oxygen atoms in total. The van der Waals surface area contributed by atoms with E-state index in [1.54, 1.807) is 12.1 Å². The number of phenolic OH excluding ortho intramolecular Hbond substituents is 1. The number of anilines is 1. The molecule has 0 spiro atoms. The van der Waals surface area contributed by atoms with E-state index < -0.39 is 72.0 Å². The van der Waals surface area contributed by atoms with Crippen LogP contribution in [0.25, 0.3) is 0 Å². The maximum Gasteiger partial charge on any atom is 0.487 e. The van der Waals surface area contributed by atoms with Crippen molar-refractivity contribution < 1.29 is 50.7 Å². The standard InChI is InChI=1S/C27H24BF6NO5/c1-12(2)18-10-20-22(19-11-21(40-28(39)23(18)19)13-4-3-5-17(36)6-13)25(38)35(24(20)37)16-8-14(26(29,30)31)7-15(9-16)27(32,33)34/h3-9,12,19-22,36,39H,10-11H2,1-2H3/t19-,20-,21-,22+/m0/s1. The van der Waals surface area contributed by atoms with E-state index in [0.29, 0.717) is 33.6 Å². The summed E-state index contributed by atoms with van der Waals surface area (Å²) in [5, 5.41) is 20.9. The van der Waals surface area contributed by atoms with Gasteiger partial charge in [-0.2, -0.15) is 26.3 Å². The number of imide groups is 1. The van der Waals surface area contributed by atoms with Gasteiger partial charge in [0.15, 0.2) is 0 Å². The molecule has 2 saturated heterocycles. The minimum absolute atomic E-state index is 0.00244. The molecule has 2 heterocycles. The van der Waals surface area contributed by atoms with Gasteiger partial charge in [0.05, 0.1) is 34.8 Å². The van der Waals surface area contributed by atoms with Crippen LogP contribution in [0.1, 0.15) is 49.5 Å². The normalized spacial score (nSPS) is 25.6. The Morgan fingerprint density at radius 3 is 2.12 bits per heavy atom. The fourth-order valence-electron chi connectivity index (χ4n) is 6.16. The van der Waals surface area contributed by atoms with Gasteiger partial charge in [0.25, 0.3) is 0 Å². The monoisotopic (exact) mass is 567 g/mol. The summed E-state index contributed by atoms with van der Waals surface area (Å²) in [5.74, 6) is -5.04. The van der Waals surface area contributed by atoms with Gasteiger partial charge in [-0.05, 0) is 66.0 Å². The van der Waals surface area contributed by atoms with Gasteiger partial charge >= 0.3 is 19.5 Å². The Bertz CT molecular complexity index is 1370. The predicted octanol–water partition coefficient (Wildman–Crippen LogP) is 5.69. The first-order valence-electron chi connectivity index (χ1n) is 12.6. The minimum Gasteiger partial charge on any atom is -0.508 e. The maximum absolute atomic E-state index is 13.8. The maximum atomic E-state index is 13.8. The highest BCUT2D eigenvalue weighted by atomic mass is 19.4. The van der Waals surface area contributed by atoms with E-state index in [1.807, 2.05) is 13.8 Å². The van der Waals surface area contributed by atoms with Crippen molar-refractivity contribution in [3.05, 3.63) is 70.2 Å². The van der Waals surface area contributed by atoms with Crippen molar-refractivity contribution in [1.82, 2.24) is 0 Å². The molecule has 0 unspecified atom stereocenters. The van der Waals surface area contributed by atoms with Crippen LogP contribution in [0.4, 0.5) is 32.0 Å². The zero-order valence-electron chi connectivity index (χ0n) is 21.3. The average Bonchev–Trinajstić information content (AvgIpc) is 3.11. The molecule has 212 valence electrons. The van der Waals surface area contributed by atoms with Crippen LogP contribution in [-0.2, 0) is 26.6 Å². The van der Waals surface area contributed by atoms with E-state index in [0.717, 1.165) is 0 Å². The van der Waals surface area contributed by atoms with Crippen molar-refractivity contribution in [3.8, 4) is 5.75 Å². The number of carbonyl (C=O) groups is 2. The molecule has 4 atom stereocenters. The molecule has 2 fully saturated rings. The zero-order chi connectivity index (χ0) is 29.3. The number of halogens is 6. The quantitative estimate of drug-likeness (QED) is 0.283. The number of rotatable bonds is 3. The lowest BCUT2D eigenvalue weighted by Gasteiger charge is -2.43. The van der Waals surface area contributed by atoms with E-state index >= 15 is 0 Å². The molecule has 2 N–H and O–H groups in total. The number of hydrogen-bond donors (Lipinski definition) is 2. The number of hydrogen-bond acceptors (Lipinski definition) is 5. The van der Waals surface area contributed by atoms with Gasteiger partial charge in [0.1, 0.15) is 5.75 Å². The molecule has 1 aliphatic carbocycles. The highest BCUT2D eigenvalue weighted by Crippen LogP contribution is 2.53. The number of benzene rings is 2. The van der Waals surface area contributed by atoms with Crippen molar-refractivity contribution in [2.45, 2.75) is 45.1 Å². The van der Waals surface area contributed by atoms with Crippen LogP contribution in [0.5, 0.6) is 5.75 Å². The van der Waals surface area contributed by atoms with E-state index in [9.17, 15) is 46.1 Å². The summed E-state index contributed by atoms with van der Waals surface area (Å²) in [4.78, 5) is 27.8. The summed E-state index contributed by atoms with van der Waals surface area (Å²) < 4.78 is 87.0. The van der Waals surface area contributed by atoms with Gasteiger partial charge in [-0.3, -0.25) is 9.59 Å². The lowest BCUT2D eigenvalue weighted by atomic mass is 9.54. The predicted molar refractivity (Wildman–Crippen MR) is 130 cm³/mol. The second-order valence-electron chi connectivity index (χ2n) is 10.7. The average molecular weight is 567 g/mol. The Labute approximate surface area is 225 Å². The van der Waals surface area contributed by atoms with E-state index in [2.05, 4.69) is 0 Å². The van der Waals surface area contributed by atoms with Gasteiger partial charge in [0.2, 0.25) is 11.8 Å². The Hall–Kier alpha value is -3.32. The van der Waals surface area contributed by atoms with Gasteiger partial charge in [0, 0.05) is 0 Å². The fraction of sp³-hybridized carbons (Fsp3) is 0.407. The van der Waals surface area contributed by atoms with Crippen LogP contribution in [0.3, 0.4) is 0 Å². The van der Waals surface area contributed by atoms with Crippen LogP contribution in [-0.4, -0.2) is 29.1 Å². The van der Waals surface area contributed by atoms with Crippen LogP contribution < -0.4 is 4.90 Å². The summed E-state index contributed by atoms with van der Waals surface area (Å²) in [6, 6.07) is 6.74. The molecular weight excluding hydrogens is 543 g/mol. The van der Waals surface area contributed by atoms with Crippen molar-refractivity contribution in [2.24, 2.45) is 23.7 Å². The molecule has 2 aliphatic heterocycles. The second-order valence-corrected chi connectivity index (χ2v) is 10.7. The molecule has 40 heavy (non-hydrogen) atoms. The molecule has 2 aromatic rings. The van der Waals surface area contributed by atoms with E-state index in [1.165, 1.54) is 12.1 Å². The SMILES string of the molecule is CC(C)C1=C2B(O)O[C@H](c3cccc(O)c3)C[C@H]2[C@H]2C(=O)N(c3cc(C(F)(F)F)cc(C(F)(F)F)c3)C(=O)[C@H]2C1. The summed E-state index contributed by atoms with van der Waals surface area (Å²) >= 11 is 0. The third-order valence-corrected chi connectivity index (χ3v) is 7.92. The summed E-state index contributed by atoms with van der Waals surface area (Å²) in [6.45, 7) is 3.63. The lowest BCUT2D eigenvalue weighted by molar-refractivity contribution is -0.143. The number of carbonyl (C=O) groups excluding carboxylic acids is 2. The van der Waals surface area contributed by atoms with Gasteiger partial charge in [-0.15, -0.1) is 0 Å². The number of nitrogens with zero attached hydrogens (tertiary/aromatic N) is 1. The number of allylic oxidation sites excluding steroid dienone is 2. The van der Waals surface area contributed by atoms with Gasteiger partial charge in [-0.25, -0.2) is 4.90 Å². The van der Waals surface area contributed by atoms with E-state index in [-0.39, 0.29) is 30.6 Å². The molecule has 2 aromatic carbocycles. The molecule has 3 aliphatic rings. The molecule has 2 amide bonds. The number of aromatic hydroxyl groups is 1. The van der Waals surface area contributed by atoms with Crippen LogP contribution in [0.2, 0.25) is 0 Å². The highest BCUT2D eigenvalue weighted by molar-refractivity contribution is 6.53. The topological polar surface area (TPSA) is 87.1 Å². The molecule has 13 heteroatoms. The Morgan fingerprint density at radius 1 is 0.950 bits per heavy atom. The molecule has 5 rings (SSSR count). The summed E-state index contributed by atoms with van der Waals surface area (Å²) in [5.41, 5.74) is -2.55. The first-order chi connectivity index (χ1) is 18.6. The third-order valence-electron chi connectivity index (χ3n) is 7.92. The Balaban J connectivity index is 1.60. The van der Waals surface area contributed by atoms with Gasteiger partial charge < -0.3 is 14.8 Å².